The number of halogens is 2. The molecule has 1 N–H and O–H groups in total. The predicted octanol–water partition coefficient (Wildman–Crippen LogP) is 5.94. The normalized spacial score (nSPS) is 18.8. The molecule has 0 radical (unpaired) electrons. The molecule has 208 valence electrons. The Kier molecular flexibility index (Phi) is 7.34. The summed E-state index contributed by atoms with van der Waals surface area (Å²) in [6.07, 6.45) is 9.14. The molecule has 11 heteroatoms. The van der Waals surface area contributed by atoms with Crippen molar-refractivity contribution in [2.45, 2.75) is 57.8 Å². The first kappa shape index (κ1) is 27.7. The van der Waals surface area contributed by atoms with Crippen molar-refractivity contribution in [2.24, 2.45) is 0 Å². The van der Waals surface area contributed by atoms with Crippen LogP contribution in [0.5, 0.6) is 0 Å². The van der Waals surface area contributed by atoms with E-state index >= 15 is 0 Å². The monoisotopic (exact) mass is 564 g/mol. The lowest BCUT2D eigenvalue weighted by Crippen LogP contribution is -2.36. The molecular formula is C29H30F2N6O2S. The van der Waals surface area contributed by atoms with E-state index in [-0.39, 0.29) is 23.0 Å². The average molecular weight is 565 g/mol. The maximum atomic E-state index is 14.6. The third kappa shape index (κ3) is 5.05. The van der Waals surface area contributed by atoms with E-state index in [0.29, 0.717) is 23.2 Å². The first-order valence-electron chi connectivity index (χ1n) is 13.2. The second kappa shape index (κ2) is 10.6. The number of aromatic nitrogens is 5. The lowest BCUT2D eigenvalue weighted by Gasteiger charge is -2.39. The summed E-state index contributed by atoms with van der Waals surface area (Å²) in [5.41, 5.74) is 3.71. The third-order valence-corrected chi connectivity index (χ3v) is 8.30. The zero-order valence-corrected chi connectivity index (χ0v) is 23.6. The summed E-state index contributed by atoms with van der Waals surface area (Å²) in [5.74, 6) is -0.943. The number of sulfonamides is 1. The SMILES string of the molecule is CC[C@H]1CC[C@](CC)(c2cncc(-c3cnc(NS(C)(=O)=O)c(C)c3)n2)c2nnc(-c3c(F)cccc3F)cc21. The topological polar surface area (TPSA) is 111 Å². The van der Waals surface area contributed by atoms with Crippen molar-refractivity contribution in [3.05, 3.63) is 83.1 Å². The van der Waals surface area contributed by atoms with E-state index < -0.39 is 27.1 Å². The number of nitrogens with one attached hydrogen (secondary N) is 1. The minimum Gasteiger partial charge on any atom is -0.267 e. The van der Waals surface area contributed by atoms with Gasteiger partial charge in [-0.1, -0.05) is 19.9 Å². The van der Waals surface area contributed by atoms with Crippen molar-refractivity contribution in [3.63, 3.8) is 0 Å². The molecule has 0 saturated carbocycles. The largest absolute Gasteiger partial charge is 0.267 e. The van der Waals surface area contributed by atoms with Crippen LogP contribution >= 0.6 is 0 Å². The Morgan fingerprint density at radius 2 is 1.80 bits per heavy atom. The van der Waals surface area contributed by atoms with Crippen LogP contribution < -0.4 is 4.72 Å². The summed E-state index contributed by atoms with van der Waals surface area (Å²) in [6, 6.07) is 7.35. The number of anilines is 1. The molecule has 3 heterocycles. The summed E-state index contributed by atoms with van der Waals surface area (Å²) >= 11 is 0. The van der Waals surface area contributed by atoms with Crippen LogP contribution in [-0.2, 0) is 15.4 Å². The molecule has 8 nitrogen and oxygen atoms in total. The van der Waals surface area contributed by atoms with Crippen molar-refractivity contribution < 1.29 is 17.2 Å². The highest BCUT2D eigenvalue weighted by molar-refractivity contribution is 7.92. The van der Waals surface area contributed by atoms with E-state index in [2.05, 4.69) is 38.7 Å². The molecular weight excluding hydrogens is 534 g/mol. The standard InChI is InChI=1S/C29H30F2N6O2S/c1-5-18-10-11-29(6-2,27-20(18)13-23(35-36-27)26-21(30)8-7-9-22(26)31)25-16-32-15-24(34-25)19-12-17(3)28(33-14-19)37-40(4,38)39/h7-9,12-16,18H,5-6,10-11H2,1-4H3,(H,33,37)/t18-,29+/m0/s1. The van der Waals surface area contributed by atoms with Gasteiger partial charge in [0.25, 0.3) is 0 Å². The summed E-state index contributed by atoms with van der Waals surface area (Å²) in [4.78, 5) is 13.8. The molecule has 1 aliphatic carbocycles. The Labute approximate surface area is 232 Å². The molecule has 0 unspecified atom stereocenters. The van der Waals surface area contributed by atoms with Gasteiger partial charge in [-0.15, -0.1) is 5.10 Å². The number of aryl methyl sites for hydroxylation is 1. The van der Waals surface area contributed by atoms with Crippen molar-refractivity contribution in [2.75, 3.05) is 11.0 Å². The lowest BCUT2D eigenvalue weighted by molar-refractivity contribution is 0.352. The molecule has 40 heavy (non-hydrogen) atoms. The smallest absolute Gasteiger partial charge is 0.230 e. The maximum Gasteiger partial charge on any atom is 0.230 e. The Hall–Kier alpha value is -3.86. The summed E-state index contributed by atoms with van der Waals surface area (Å²) in [6.45, 7) is 5.92. The molecule has 3 aromatic heterocycles. The second-order valence-electron chi connectivity index (χ2n) is 10.3. The first-order chi connectivity index (χ1) is 19.1. The van der Waals surface area contributed by atoms with E-state index in [1.807, 2.05) is 6.07 Å². The zero-order valence-electron chi connectivity index (χ0n) is 22.7. The van der Waals surface area contributed by atoms with Crippen molar-refractivity contribution in [1.82, 2.24) is 25.1 Å². The highest BCUT2D eigenvalue weighted by Gasteiger charge is 2.43. The van der Waals surface area contributed by atoms with Crippen LogP contribution in [0.1, 0.15) is 68.0 Å². The number of fused-ring (bicyclic) bond motifs is 1. The van der Waals surface area contributed by atoms with Gasteiger partial charge in [-0.25, -0.2) is 27.2 Å². The summed E-state index contributed by atoms with van der Waals surface area (Å²) < 4.78 is 54.9. The van der Waals surface area contributed by atoms with Crippen molar-refractivity contribution in [1.29, 1.82) is 0 Å². The number of nitrogens with zero attached hydrogens (tertiary/aromatic N) is 5. The van der Waals surface area contributed by atoms with Gasteiger partial charge < -0.3 is 0 Å². The van der Waals surface area contributed by atoms with Gasteiger partial charge in [0.15, 0.2) is 0 Å². The molecule has 1 aromatic carbocycles. The quantitative estimate of drug-likeness (QED) is 0.296. The fourth-order valence-corrected chi connectivity index (χ4v) is 6.15. The fourth-order valence-electron chi connectivity index (χ4n) is 5.58. The Bertz CT molecular complexity index is 1680. The van der Waals surface area contributed by atoms with Crippen molar-refractivity contribution in [3.8, 4) is 22.5 Å². The lowest BCUT2D eigenvalue weighted by atomic mass is 9.65. The van der Waals surface area contributed by atoms with Gasteiger partial charge in [-0.2, -0.15) is 5.10 Å². The average Bonchev–Trinajstić information content (AvgIpc) is 2.93. The molecule has 0 saturated heterocycles. The minimum absolute atomic E-state index is 0.164. The van der Waals surface area contributed by atoms with Gasteiger partial charge in [-0.3, -0.25) is 9.71 Å². The molecule has 5 rings (SSSR count). The highest BCUT2D eigenvalue weighted by atomic mass is 32.2. The van der Waals surface area contributed by atoms with Gasteiger partial charge >= 0.3 is 0 Å². The number of hydrogen-bond donors (Lipinski definition) is 1. The van der Waals surface area contributed by atoms with Crippen LogP contribution in [-0.4, -0.2) is 39.8 Å². The zero-order chi connectivity index (χ0) is 28.7. The van der Waals surface area contributed by atoms with Crippen LogP contribution in [0.4, 0.5) is 14.6 Å². The molecule has 0 spiro atoms. The van der Waals surface area contributed by atoms with Gasteiger partial charge in [-0.05, 0) is 73.9 Å². The van der Waals surface area contributed by atoms with E-state index in [1.54, 1.807) is 31.6 Å². The molecule has 4 aromatic rings. The summed E-state index contributed by atoms with van der Waals surface area (Å²) in [5, 5.41) is 8.92. The molecule has 1 aliphatic rings. The molecule has 0 fully saturated rings. The van der Waals surface area contributed by atoms with E-state index in [4.69, 9.17) is 4.98 Å². The highest BCUT2D eigenvalue weighted by Crippen LogP contribution is 2.49. The number of pyridine rings is 1. The second-order valence-corrected chi connectivity index (χ2v) is 12.0. The molecule has 0 amide bonds. The van der Waals surface area contributed by atoms with Gasteiger partial charge in [0.1, 0.15) is 17.5 Å². The van der Waals surface area contributed by atoms with Gasteiger partial charge in [0.05, 0.1) is 46.2 Å². The van der Waals surface area contributed by atoms with Crippen molar-refractivity contribution >= 4 is 15.8 Å². The van der Waals surface area contributed by atoms with E-state index in [0.717, 1.165) is 42.5 Å². The fraction of sp³-hybridized carbons (Fsp3) is 0.345. The minimum atomic E-state index is -3.47. The number of benzene rings is 1. The third-order valence-electron chi connectivity index (χ3n) is 7.73. The van der Waals surface area contributed by atoms with Crippen LogP contribution in [0.15, 0.2) is 48.9 Å². The number of hydrogen-bond acceptors (Lipinski definition) is 7. The first-order valence-corrected chi connectivity index (χ1v) is 15.0. The van der Waals surface area contributed by atoms with E-state index in [9.17, 15) is 17.2 Å². The van der Waals surface area contributed by atoms with Crippen LogP contribution in [0.25, 0.3) is 22.5 Å². The Balaban J connectivity index is 1.60. The molecule has 2 atom stereocenters. The van der Waals surface area contributed by atoms with Crippen LogP contribution in [0.2, 0.25) is 0 Å². The Morgan fingerprint density at radius 1 is 1.05 bits per heavy atom. The molecule has 0 bridgehead atoms. The summed E-state index contributed by atoms with van der Waals surface area (Å²) in [7, 11) is -3.47. The maximum absolute atomic E-state index is 14.6. The predicted molar refractivity (Wildman–Crippen MR) is 149 cm³/mol. The van der Waals surface area contributed by atoms with Gasteiger partial charge in [0, 0.05) is 18.0 Å². The molecule has 0 aliphatic heterocycles. The van der Waals surface area contributed by atoms with Gasteiger partial charge in [0.2, 0.25) is 10.0 Å². The van der Waals surface area contributed by atoms with E-state index in [1.165, 1.54) is 18.2 Å². The Morgan fingerprint density at radius 3 is 2.45 bits per heavy atom. The number of rotatable bonds is 7. The van der Waals surface area contributed by atoms with Crippen LogP contribution in [0, 0.1) is 18.6 Å². The van der Waals surface area contributed by atoms with Crippen LogP contribution in [0.3, 0.4) is 0 Å².